The van der Waals surface area contributed by atoms with Gasteiger partial charge in [0.1, 0.15) is 17.6 Å². The van der Waals surface area contributed by atoms with E-state index in [1.54, 1.807) is 42.6 Å². The normalized spacial score (nSPS) is 11.8. The first-order valence-electron chi connectivity index (χ1n) is 7.36. The van der Waals surface area contributed by atoms with Gasteiger partial charge in [-0.2, -0.15) is 0 Å². The van der Waals surface area contributed by atoms with E-state index in [4.69, 9.17) is 0 Å². The molecule has 1 atom stereocenters. The monoisotopic (exact) mass is 324 g/mol. The van der Waals surface area contributed by atoms with Crippen LogP contribution >= 0.6 is 0 Å². The van der Waals surface area contributed by atoms with E-state index >= 15 is 0 Å². The van der Waals surface area contributed by atoms with Gasteiger partial charge >= 0.3 is 0 Å². The molecule has 0 aliphatic rings. The average molecular weight is 324 g/mol. The van der Waals surface area contributed by atoms with Gasteiger partial charge in [-0.1, -0.05) is 24.3 Å². The lowest BCUT2D eigenvalue weighted by Crippen LogP contribution is -2.23. The Morgan fingerprint density at radius 3 is 2.38 bits per heavy atom. The number of nitrogens with one attached hydrogen (secondary N) is 1. The molecule has 3 nitrogen and oxygen atoms in total. The second-order valence-electron chi connectivity index (χ2n) is 5.24. The summed E-state index contributed by atoms with van der Waals surface area (Å²) in [5.41, 5.74) is 1.48. The van der Waals surface area contributed by atoms with Gasteiger partial charge in [-0.05, 0) is 48.0 Å². The lowest BCUT2D eigenvalue weighted by atomic mass is 9.94. The fraction of sp³-hybridized carbons (Fsp3) is 0.0526. The van der Waals surface area contributed by atoms with Gasteiger partial charge < -0.3 is 5.32 Å². The summed E-state index contributed by atoms with van der Waals surface area (Å²) in [6.45, 7) is 0. The van der Waals surface area contributed by atoms with Crippen LogP contribution in [0.3, 0.4) is 0 Å². The number of hydrogen-bond acceptors (Lipinski definition) is 2. The molecule has 1 N–H and O–H groups in total. The zero-order chi connectivity index (χ0) is 16.9. The minimum Gasteiger partial charge on any atom is -0.325 e. The van der Waals surface area contributed by atoms with Gasteiger partial charge in [0.25, 0.3) is 0 Å². The Hall–Kier alpha value is -3.08. The molecule has 0 aliphatic carbocycles. The van der Waals surface area contributed by atoms with Gasteiger partial charge in [0.05, 0.1) is 5.69 Å². The maximum absolute atomic E-state index is 13.3. The third kappa shape index (κ3) is 3.63. The van der Waals surface area contributed by atoms with Gasteiger partial charge in [-0.25, -0.2) is 8.78 Å². The molecule has 24 heavy (non-hydrogen) atoms. The van der Waals surface area contributed by atoms with Crippen molar-refractivity contribution >= 4 is 11.6 Å². The number of aromatic nitrogens is 1. The molecule has 0 fully saturated rings. The van der Waals surface area contributed by atoms with E-state index in [0.717, 1.165) is 0 Å². The van der Waals surface area contributed by atoms with Crippen LogP contribution in [0.25, 0.3) is 0 Å². The van der Waals surface area contributed by atoms with E-state index < -0.39 is 11.7 Å². The van der Waals surface area contributed by atoms with Crippen LogP contribution in [-0.4, -0.2) is 10.9 Å². The molecule has 1 unspecified atom stereocenters. The number of benzene rings is 2. The Labute approximate surface area is 138 Å². The highest BCUT2D eigenvalue weighted by Gasteiger charge is 2.24. The smallest absolute Gasteiger partial charge is 0.237 e. The maximum Gasteiger partial charge on any atom is 0.237 e. The first kappa shape index (κ1) is 15.8. The molecule has 0 saturated heterocycles. The molecular weight excluding hydrogens is 310 g/mol. The first-order valence-corrected chi connectivity index (χ1v) is 7.36. The van der Waals surface area contributed by atoms with E-state index in [0.29, 0.717) is 16.9 Å². The summed E-state index contributed by atoms with van der Waals surface area (Å²) < 4.78 is 26.5. The lowest BCUT2D eigenvalue weighted by molar-refractivity contribution is -0.116. The molecule has 1 heterocycles. The summed E-state index contributed by atoms with van der Waals surface area (Å²) >= 11 is 0. The van der Waals surface area contributed by atoms with Gasteiger partial charge in [0.2, 0.25) is 5.91 Å². The number of pyridine rings is 1. The van der Waals surface area contributed by atoms with Crippen molar-refractivity contribution in [3.8, 4) is 0 Å². The number of hydrogen-bond donors (Lipinski definition) is 1. The zero-order valence-corrected chi connectivity index (χ0v) is 12.6. The lowest BCUT2D eigenvalue weighted by Gasteiger charge is -2.17. The molecule has 3 aromatic rings. The van der Waals surface area contributed by atoms with Crippen molar-refractivity contribution in [1.29, 1.82) is 0 Å². The maximum atomic E-state index is 13.3. The minimum atomic E-state index is -0.727. The third-order valence-corrected chi connectivity index (χ3v) is 3.54. The Morgan fingerprint density at radius 1 is 0.917 bits per heavy atom. The molecule has 0 spiro atoms. The van der Waals surface area contributed by atoms with Crippen LogP contribution < -0.4 is 5.32 Å². The summed E-state index contributed by atoms with van der Waals surface area (Å²) in [5.74, 6) is -1.92. The largest absolute Gasteiger partial charge is 0.325 e. The van der Waals surface area contributed by atoms with Crippen molar-refractivity contribution < 1.29 is 13.6 Å². The van der Waals surface area contributed by atoms with Gasteiger partial charge in [0, 0.05) is 11.9 Å². The summed E-state index contributed by atoms with van der Waals surface area (Å²) in [6, 6.07) is 16.5. The second kappa shape index (κ2) is 7.00. The van der Waals surface area contributed by atoms with E-state index in [1.165, 1.54) is 30.3 Å². The van der Waals surface area contributed by atoms with Crippen molar-refractivity contribution in [3.05, 3.63) is 95.8 Å². The van der Waals surface area contributed by atoms with Crippen LogP contribution in [0, 0.1) is 11.6 Å². The second-order valence-corrected chi connectivity index (χ2v) is 5.24. The highest BCUT2D eigenvalue weighted by atomic mass is 19.1. The molecule has 0 radical (unpaired) electrons. The summed E-state index contributed by atoms with van der Waals surface area (Å²) in [6.07, 6.45) is 1.58. The third-order valence-electron chi connectivity index (χ3n) is 3.54. The standard InChI is InChI=1S/C19H14F2N2O/c20-14-9-7-13(8-10-14)18(17-6-1-2-11-22-17)19(24)23-16-5-3-4-15(21)12-16/h1-12,18H,(H,23,24). The van der Waals surface area contributed by atoms with Crippen molar-refractivity contribution in [2.75, 3.05) is 5.32 Å². The zero-order valence-electron chi connectivity index (χ0n) is 12.6. The van der Waals surface area contributed by atoms with E-state index in [9.17, 15) is 13.6 Å². The van der Waals surface area contributed by atoms with E-state index in [-0.39, 0.29) is 11.7 Å². The summed E-state index contributed by atoms with van der Waals surface area (Å²) in [5, 5.41) is 2.68. The van der Waals surface area contributed by atoms with Crippen molar-refractivity contribution in [2.24, 2.45) is 0 Å². The number of rotatable bonds is 4. The van der Waals surface area contributed by atoms with E-state index in [2.05, 4.69) is 10.3 Å². The Balaban J connectivity index is 1.95. The van der Waals surface area contributed by atoms with E-state index in [1.807, 2.05) is 0 Å². The SMILES string of the molecule is O=C(Nc1cccc(F)c1)C(c1ccc(F)cc1)c1ccccn1. The summed E-state index contributed by atoms with van der Waals surface area (Å²) in [4.78, 5) is 17.0. The fourth-order valence-electron chi connectivity index (χ4n) is 2.44. The molecule has 0 saturated carbocycles. The predicted octanol–water partition coefficient (Wildman–Crippen LogP) is 4.13. The van der Waals surface area contributed by atoms with Crippen LogP contribution in [0.15, 0.2) is 72.9 Å². The topological polar surface area (TPSA) is 42.0 Å². The fourth-order valence-corrected chi connectivity index (χ4v) is 2.44. The number of carbonyl (C=O) groups excluding carboxylic acids is 1. The quantitative estimate of drug-likeness (QED) is 0.784. The van der Waals surface area contributed by atoms with Crippen molar-refractivity contribution in [2.45, 2.75) is 5.92 Å². The molecular formula is C19H14F2N2O. The minimum absolute atomic E-state index is 0.350. The molecule has 1 amide bonds. The molecule has 3 rings (SSSR count). The van der Waals surface area contributed by atoms with Crippen LogP contribution in [0.5, 0.6) is 0 Å². The van der Waals surface area contributed by atoms with Crippen LogP contribution in [-0.2, 0) is 4.79 Å². The highest BCUT2D eigenvalue weighted by molar-refractivity contribution is 5.97. The molecule has 120 valence electrons. The average Bonchev–Trinajstić information content (AvgIpc) is 2.58. The molecule has 5 heteroatoms. The number of amides is 1. The molecule has 1 aromatic heterocycles. The van der Waals surface area contributed by atoms with Crippen LogP contribution in [0.1, 0.15) is 17.2 Å². The predicted molar refractivity (Wildman–Crippen MR) is 87.5 cm³/mol. The number of nitrogens with zero attached hydrogens (tertiary/aromatic N) is 1. The van der Waals surface area contributed by atoms with Crippen LogP contribution in [0.2, 0.25) is 0 Å². The van der Waals surface area contributed by atoms with Gasteiger partial charge in [-0.3, -0.25) is 9.78 Å². The number of halogens is 2. The number of carbonyl (C=O) groups is 1. The van der Waals surface area contributed by atoms with Gasteiger partial charge in [-0.15, -0.1) is 0 Å². The highest BCUT2D eigenvalue weighted by Crippen LogP contribution is 2.25. The van der Waals surface area contributed by atoms with Crippen molar-refractivity contribution in [3.63, 3.8) is 0 Å². The Kier molecular flexibility index (Phi) is 4.61. The first-order chi connectivity index (χ1) is 11.6. The Morgan fingerprint density at radius 2 is 1.71 bits per heavy atom. The number of anilines is 1. The van der Waals surface area contributed by atoms with Crippen LogP contribution in [0.4, 0.5) is 14.5 Å². The molecule has 0 bridgehead atoms. The molecule has 0 aliphatic heterocycles. The van der Waals surface area contributed by atoms with Gasteiger partial charge in [0.15, 0.2) is 0 Å². The molecule has 2 aromatic carbocycles. The van der Waals surface area contributed by atoms with Crippen molar-refractivity contribution in [1.82, 2.24) is 4.98 Å². The summed E-state index contributed by atoms with van der Waals surface area (Å²) in [7, 11) is 0. The Bertz CT molecular complexity index is 836.